The summed E-state index contributed by atoms with van der Waals surface area (Å²) in [6.45, 7) is 1.62. The first-order valence-corrected chi connectivity index (χ1v) is 11.9. The topological polar surface area (TPSA) is 66.5 Å². The van der Waals surface area contributed by atoms with Crippen molar-refractivity contribution in [2.75, 3.05) is 19.6 Å². The van der Waals surface area contributed by atoms with Crippen molar-refractivity contribution in [2.45, 2.75) is 43.4 Å². The maximum absolute atomic E-state index is 12.7. The van der Waals surface area contributed by atoms with E-state index in [0.29, 0.717) is 36.9 Å². The third kappa shape index (κ3) is 4.70. The van der Waals surface area contributed by atoms with Gasteiger partial charge in [0.2, 0.25) is 15.9 Å². The van der Waals surface area contributed by atoms with Crippen LogP contribution in [0.25, 0.3) is 0 Å². The van der Waals surface area contributed by atoms with Crippen LogP contribution in [-0.4, -0.2) is 38.3 Å². The number of nitrogens with zero attached hydrogens (tertiary/aromatic N) is 1. The Morgan fingerprint density at radius 1 is 1.00 bits per heavy atom. The number of amides is 1. The van der Waals surface area contributed by atoms with Gasteiger partial charge in [-0.05, 0) is 66.8 Å². The van der Waals surface area contributed by atoms with Crippen LogP contribution >= 0.6 is 0 Å². The van der Waals surface area contributed by atoms with Crippen LogP contribution in [0.5, 0.6) is 0 Å². The Labute approximate surface area is 173 Å². The van der Waals surface area contributed by atoms with Gasteiger partial charge in [0, 0.05) is 19.6 Å². The molecule has 0 spiro atoms. The quantitative estimate of drug-likeness (QED) is 0.793. The van der Waals surface area contributed by atoms with Crippen molar-refractivity contribution in [1.29, 1.82) is 0 Å². The molecule has 0 radical (unpaired) electrons. The zero-order valence-electron chi connectivity index (χ0n) is 16.6. The van der Waals surface area contributed by atoms with Gasteiger partial charge in [0.05, 0.1) is 11.3 Å². The van der Waals surface area contributed by atoms with E-state index in [0.717, 1.165) is 31.2 Å². The number of rotatable bonds is 6. The minimum atomic E-state index is -3.42. The normalized spacial score (nSPS) is 17.8. The molecule has 6 heteroatoms. The molecule has 1 saturated heterocycles. The first-order chi connectivity index (χ1) is 14.0. The van der Waals surface area contributed by atoms with E-state index in [-0.39, 0.29) is 5.91 Å². The van der Waals surface area contributed by atoms with E-state index in [1.165, 1.54) is 17.5 Å². The molecule has 2 aliphatic rings. The Balaban J connectivity index is 1.24. The molecule has 2 aromatic rings. The van der Waals surface area contributed by atoms with E-state index in [2.05, 4.69) is 23.5 Å². The molecular weight excluding hydrogens is 384 g/mol. The highest BCUT2D eigenvalue weighted by molar-refractivity contribution is 7.89. The van der Waals surface area contributed by atoms with E-state index in [9.17, 15) is 13.2 Å². The highest BCUT2D eigenvalue weighted by atomic mass is 32.2. The Morgan fingerprint density at radius 2 is 1.72 bits per heavy atom. The molecule has 1 amide bonds. The Hall–Kier alpha value is -2.18. The van der Waals surface area contributed by atoms with E-state index in [1.807, 2.05) is 6.07 Å². The zero-order valence-corrected chi connectivity index (χ0v) is 17.5. The SMILES string of the molecule is O=C(Cc1ccc2c(c1)CCC2)NCC1CCN(S(=O)(=O)c2ccccc2)CC1. The molecule has 5 nitrogen and oxygen atoms in total. The number of nitrogens with one attached hydrogen (secondary N) is 1. The van der Waals surface area contributed by atoms with Crippen LogP contribution in [0, 0.1) is 5.92 Å². The lowest BCUT2D eigenvalue weighted by Gasteiger charge is -2.31. The molecule has 1 N–H and O–H groups in total. The fourth-order valence-corrected chi connectivity index (χ4v) is 5.83. The van der Waals surface area contributed by atoms with Gasteiger partial charge in [-0.15, -0.1) is 0 Å². The largest absolute Gasteiger partial charge is 0.356 e. The van der Waals surface area contributed by atoms with Crippen molar-refractivity contribution in [3.63, 3.8) is 0 Å². The molecule has 154 valence electrons. The van der Waals surface area contributed by atoms with Crippen molar-refractivity contribution >= 4 is 15.9 Å². The van der Waals surface area contributed by atoms with Gasteiger partial charge in [-0.1, -0.05) is 36.4 Å². The first-order valence-electron chi connectivity index (χ1n) is 10.4. The Kier molecular flexibility index (Phi) is 6.01. The first kappa shape index (κ1) is 20.1. The van der Waals surface area contributed by atoms with Crippen molar-refractivity contribution in [3.05, 3.63) is 65.2 Å². The van der Waals surface area contributed by atoms with Crippen LogP contribution in [0.3, 0.4) is 0 Å². The smallest absolute Gasteiger partial charge is 0.243 e. The van der Waals surface area contributed by atoms with Gasteiger partial charge in [0.25, 0.3) is 0 Å². The molecule has 4 rings (SSSR count). The number of hydrogen-bond acceptors (Lipinski definition) is 3. The zero-order chi connectivity index (χ0) is 20.3. The number of sulfonamides is 1. The molecule has 1 aliphatic carbocycles. The maximum atomic E-state index is 12.7. The van der Waals surface area contributed by atoms with Gasteiger partial charge in [-0.25, -0.2) is 8.42 Å². The lowest BCUT2D eigenvalue weighted by Crippen LogP contribution is -2.41. The number of hydrogen-bond donors (Lipinski definition) is 1. The second-order valence-electron chi connectivity index (χ2n) is 8.10. The standard InChI is InChI=1S/C23H28N2O3S/c26-23(16-19-9-10-20-5-4-6-21(20)15-19)24-17-18-11-13-25(14-12-18)29(27,28)22-7-2-1-3-8-22/h1-3,7-10,15,18H,4-6,11-14,16-17H2,(H,24,26). The predicted octanol–water partition coefficient (Wildman–Crippen LogP) is 2.93. The Morgan fingerprint density at radius 3 is 2.48 bits per heavy atom. The van der Waals surface area contributed by atoms with Crippen LogP contribution in [0.2, 0.25) is 0 Å². The summed E-state index contributed by atoms with van der Waals surface area (Å²) in [5.74, 6) is 0.364. The van der Waals surface area contributed by atoms with Crippen LogP contribution in [0.1, 0.15) is 36.0 Å². The number of carbonyl (C=O) groups is 1. The summed E-state index contributed by atoms with van der Waals surface area (Å²) in [6.07, 6.45) is 5.43. The van der Waals surface area contributed by atoms with Crippen LogP contribution in [-0.2, 0) is 34.1 Å². The van der Waals surface area contributed by atoms with Crippen LogP contribution in [0.4, 0.5) is 0 Å². The van der Waals surface area contributed by atoms with Gasteiger partial charge in [-0.2, -0.15) is 4.31 Å². The molecule has 0 aromatic heterocycles. The van der Waals surface area contributed by atoms with Crippen LogP contribution < -0.4 is 5.32 Å². The highest BCUT2D eigenvalue weighted by Gasteiger charge is 2.29. The van der Waals surface area contributed by atoms with Crippen molar-refractivity contribution in [2.24, 2.45) is 5.92 Å². The Bertz CT molecular complexity index is 965. The third-order valence-corrected chi connectivity index (χ3v) is 7.98. The van der Waals surface area contributed by atoms with Gasteiger partial charge in [0.15, 0.2) is 0 Å². The minimum Gasteiger partial charge on any atom is -0.356 e. The van der Waals surface area contributed by atoms with Crippen molar-refractivity contribution < 1.29 is 13.2 Å². The molecule has 29 heavy (non-hydrogen) atoms. The highest BCUT2D eigenvalue weighted by Crippen LogP contribution is 2.24. The fraction of sp³-hybridized carbons (Fsp3) is 0.435. The van der Waals surface area contributed by atoms with E-state index in [1.54, 1.807) is 28.6 Å². The molecular formula is C23H28N2O3S. The molecule has 2 aromatic carbocycles. The van der Waals surface area contributed by atoms with E-state index < -0.39 is 10.0 Å². The third-order valence-electron chi connectivity index (χ3n) is 6.07. The summed E-state index contributed by atoms with van der Waals surface area (Å²) < 4.78 is 27.0. The van der Waals surface area contributed by atoms with Crippen molar-refractivity contribution in [3.8, 4) is 0 Å². The fourth-order valence-electron chi connectivity index (χ4n) is 4.34. The molecule has 1 heterocycles. The summed E-state index contributed by atoms with van der Waals surface area (Å²) >= 11 is 0. The van der Waals surface area contributed by atoms with Gasteiger partial charge in [-0.3, -0.25) is 4.79 Å². The van der Waals surface area contributed by atoms with E-state index in [4.69, 9.17) is 0 Å². The summed E-state index contributed by atoms with van der Waals surface area (Å²) in [7, 11) is -3.42. The summed E-state index contributed by atoms with van der Waals surface area (Å²) in [4.78, 5) is 12.7. The average molecular weight is 413 g/mol. The predicted molar refractivity (Wildman–Crippen MR) is 113 cm³/mol. The maximum Gasteiger partial charge on any atom is 0.243 e. The number of piperidine rings is 1. The second-order valence-corrected chi connectivity index (χ2v) is 10.0. The minimum absolute atomic E-state index is 0.0438. The number of benzene rings is 2. The average Bonchev–Trinajstić information content (AvgIpc) is 3.21. The van der Waals surface area contributed by atoms with Crippen molar-refractivity contribution in [1.82, 2.24) is 9.62 Å². The van der Waals surface area contributed by atoms with Gasteiger partial charge in [0.1, 0.15) is 0 Å². The van der Waals surface area contributed by atoms with Gasteiger partial charge >= 0.3 is 0 Å². The number of aryl methyl sites for hydroxylation is 2. The lowest BCUT2D eigenvalue weighted by atomic mass is 9.98. The molecule has 0 saturated carbocycles. The molecule has 0 bridgehead atoms. The van der Waals surface area contributed by atoms with Gasteiger partial charge < -0.3 is 5.32 Å². The molecule has 1 fully saturated rings. The molecule has 1 aliphatic heterocycles. The number of fused-ring (bicyclic) bond motifs is 1. The summed E-state index contributed by atoms with van der Waals surface area (Å²) in [6, 6.07) is 15.0. The number of carbonyl (C=O) groups excluding carboxylic acids is 1. The monoisotopic (exact) mass is 412 g/mol. The van der Waals surface area contributed by atoms with Crippen LogP contribution in [0.15, 0.2) is 53.4 Å². The van der Waals surface area contributed by atoms with E-state index >= 15 is 0 Å². The molecule has 0 atom stereocenters. The lowest BCUT2D eigenvalue weighted by molar-refractivity contribution is -0.120. The second kappa shape index (κ2) is 8.67. The molecule has 0 unspecified atom stereocenters. The summed E-state index contributed by atoms with van der Waals surface area (Å²) in [5, 5.41) is 3.05. The summed E-state index contributed by atoms with van der Waals surface area (Å²) in [5.41, 5.74) is 3.89.